The van der Waals surface area contributed by atoms with Gasteiger partial charge in [-0.2, -0.15) is 0 Å². The van der Waals surface area contributed by atoms with Gasteiger partial charge in [-0.05, 0) is 30.9 Å². The van der Waals surface area contributed by atoms with Gasteiger partial charge in [0.05, 0.1) is 5.02 Å². The van der Waals surface area contributed by atoms with Gasteiger partial charge >= 0.3 is 0 Å². The molecule has 0 bridgehead atoms. The van der Waals surface area contributed by atoms with Gasteiger partial charge in [0.1, 0.15) is 11.6 Å². The van der Waals surface area contributed by atoms with Crippen molar-refractivity contribution >= 4 is 11.6 Å². The van der Waals surface area contributed by atoms with E-state index in [0.29, 0.717) is 5.56 Å². The largest absolute Gasteiger partial charge is 0.206 e. The van der Waals surface area contributed by atoms with Crippen LogP contribution in [0.4, 0.5) is 8.78 Å². The van der Waals surface area contributed by atoms with Crippen LogP contribution in [0, 0.1) is 25.5 Å². The Kier molecular flexibility index (Phi) is 3.15. The Morgan fingerprint density at radius 2 is 1.43 bits per heavy atom. The van der Waals surface area contributed by atoms with Crippen LogP contribution < -0.4 is 0 Å². The molecule has 1 aromatic rings. The summed E-state index contributed by atoms with van der Waals surface area (Å²) >= 11 is 5.76. The van der Waals surface area contributed by atoms with Crippen molar-refractivity contribution in [1.29, 1.82) is 0 Å². The van der Waals surface area contributed by atoms with E-state index in [1.165, 1.54) is 6.92 Å². The van der Waals surface area contributed by atoms with Gasteiger partial charge in [0.15, 0.2) is 0 Å². The quantitative estimate of drug-likeness (QED) is 0.615. The summed E-state index contributed by atoms with van der Waals surface area (Å²) in [5, 5.41) is -0.0828. The van der Waals surface area contributed by atoms with E-state index in [1.54, 1.807) is 20.8 Å². The third-order valence-corrected chi connectivity index (χ3v) is 2.83. The molecule has 0 saturated carbocycles. The van der Waals surface area contributed by atoms with Crippen LogP contribution in [0.15, 0.2) is 0 Å². The Morgan fingerprint density at radius 1 is 1.00 bits per heavy atom. The van der Waals surface area contributed by atoms with Gasteiger partial charge in [-0.15, -0.1) is 0 Å². The Balaban J connectivity index is 3.60. The summed E-state index contributed by atoms with van der Waals surface area (Å²) in [4.78, 5) is 0. The maximum absolute atomic E-state index is 13.7. The molecule has 0 nitrogen and oxygen atoms in total. The predicted octanol–water partition coefficient (Wildman–Crippen LogP) is 4.36. The summed E-state index contributed by atoms with van der Waals surface area (Å²) in [6.07, 6.45) is 0. The second-order valence-electron chi connectivity index (χ2n) is 3.76. The molecule has 0 spiro atoms. The number of rotatable bonds is 1. The van der Waals surface area contributed by atoms with Crippen LogP contribution in [0.25, 0.3) is 0 Å². The maximum Gasteiger partial charge on any atom is 0.145 e. The van der Waals surface area contributed by atoms with E-state index in [2.05, 4.69) is 0 Å². The Labute approximate surface area is 87.9 Å². The van der Waals surface area contributed by atoms with Crippen LogP contribution in [0.5, 0.6) is 0 Å². The van der Waals surface area contributed by atoms with Crippen LogP contribution in [-0.2, 0) is 0 Å². The zero-order chi connectivity index (χ0) is 11.0. The van der Waals surface area contributed by atoms with Crippen molar-refractivity contribution in [2.75, 3.05) is 0 Å². The first-order chi connectivity index (χ1) is 6.37. The lowest BCUT2D eigenvalue weighted by atomic mass is 9.97. The van der Waals surface area contributed by atoms with Crippen molar-refractivity contribution < 1.29 is 8.78 Å². The first-order valence-corrected chi connectivity index (χ1v) is 4.89. The molecule has 0 radical (unpaired) electrons. The molecule has 0 heterocycles. The van der Waals surface area contributed by atoms with E-state index in [9.17, 15) is 8.78 Å². The number of halogens is 3. The van der Waals surface area contributed by atoms with Crippen molar-refractivity contribution in [2.24, 2.45) is 0 Å². The minimum Gasteiger partial charge on any atom is -0.206 e. The molecule has 0 fully saturated rings. The predicted molar refractivity (Wildman–Crippen MR) is 54.9 cm³/mol. The summed E-state index contributed by atoms with van der Waals surface area (Å²) in [6.45, 7) is 6.68. The van der Waals surface area contributed by atoms with E-state index in [1.807, 2.05) is 0 Å². The zero-order valence-corrected chi connectivity index (χ0v) is 9.47. The normalized spacial score (nSPS) is 11.1. The third kappa shape index (κ3) is 1.63. The smallest absolute Gasteiger partial charge is 0.145 e. The standard InChI is InChI=1S/C11H13ClF2/c1-5(2)8-9(12)11(14)7(4)6(3)10(8)13/h5H,1-4H3. The van der Waals surface area contributed by atoms with E-state index in [4.69, 9.17) is 11.6 Å². The van der Waals surface area contributed by atoms with Crippen molar-refractivity contribution in [3.05, 3.63) is 33.3 Å². The average molecular weight is 219 g/mol. The van der Waals surface area contributed by atoms with Gasteiger partial charge in [0, 0.05) is 5.56 Å². The Hall–Kier alpha value is -0.630. The third-order valence-electron chi connectivity index (χ3n) is 2.46. The second kappa shape index (κ2) is 3.85. The van der Waals surface area contributed by atoms with Gasteiger partial charge in [-0.3, -0.25) is 0 Å². The molecule has 0 amide bonds. The van der Waals surface area contributed by atoms with Crippen molar-refractivity contribution in [3.63, 3.8) is 0 Å². The molecule has 0 N–H and O–H groups in total. The molecule has 78 valence electrons. The summed E-state index contributed by atoms with van der Waals surface area (Å²) in [5.41, 5.74) is 0.903. The fraction of sp³-hybridized carbons (Fsp3) is 0.455. The molecule has 0 atom stereocenters. The fourth-order valence-electron chi connectivity index (χ4n) is 1.42. The first kappa shape index (κ1) is 11.4. The van der Waals surface area contributed by atoms with E-state index < -0.39 is 5.82 Å². The van der Waals surface area contributed by atoms with Crippen LogP contribution in [0.1, 0.15) is 36.5 Å². The molecule has 14 heavy (non-hydrogen) atoms. The molecular weight excluding hydrogens is 206 g/mol. The molecule has 3 heteroatoms. The number of hydrogen-bond acceptors (Lipinski definition) is 0. The molecule has 0 aromatic heterocycles. The molecule has 1 rings (SSSR count). The first-order valence-electron chi connectivity index (χ1n) is 4.51. The minimum absolute atomic E-state index is 0.0828. The maximum atomic E-state index is 13.7. The van der Waals surface area contributed by atoms with Crippen LogP contribution in [-0.4, -0.2) is 0 Å². The highest BCUT2D eigenvalue weighted by Gasteiger charge is 2.20. The molecule has 0 unspecified atom stereocenters. The highest BCUT2D eigenvalue weighted by Crippen LogP contribution is 2.33. The summed E-state index contributed by atoms with van der Waals surface area (Å²) in [6, 6.07) is 0. The zero-order valence-electron chi connectivity index (χ0n) is 8.71. The monoisotopic (exact) mass is 218 g/mol. The molecular formula is C11H13ClF2. The van der Waals surface area contributed by atoms with Crippen LogP contribution in [0.3, 0.4) is 0 Å². The van der Waals surface area contributed by atoms with Gasteiger partial charge in [-0.25, -0.2) is 8.78 Å². The minimum atomic E-state index is -0.505. The topological polar surface area (TPSA) is 0 Å². The van der Waals surface area contributed by atoms with Gasteiger partial charge in [-0.1, -0.05) is 25.4 Å². The molecule has 0 aliphatic carbocycles. The van der Waals surface area contributed by atoms with Gasteiger partial charge in [0.2, 0.25) is 0 Å². The highest BCUT2D eigenvalue weighted by atomic mass is 35.5. The second-order valence-corrected chi connectivity index (χ2v) is 4.14. The van der Waals surface area contributed by atoms with E-state index in [0.717, 1.165) is 0 Å². The molecule has 1 aromatic carbocycles. The lowest BCUT2D eigenvalue weighted by Gasteiger charge is -2.14. The summed E-state index contributed by atoms with van der Waals surface area (Å²) in [7, 11) is 0. The average Bonchev–Trinajstić information content (AvgIpc) is 2.11. The van der Waals surface area contributed by atoms with Crippen LogP contribution >= 0.6 is 11.6 Å². The summed E-state index contributed by atoms with van der Waals surface area (Å²) in [5.74, 6) is -1.01. The van der Waals surface area contributed by atoms with Gasteiger partial charge < -0.3 is 0 Å². The molecule has 0 aliphatic rings. The van der Waals surface area contributed by atoms with Crippen molar-refractivity contribution in [2.45, 2.75) is 33.6 Å². The molecule has 0 saturated heterocycles. The highest BCUT2D eigenvalue weighted by molar-refractivity contribution is 6.31. The van der Waals surface area contributed by atoms with Gasteiger partial charge in [0.25, 0.3) is 0 Å². The lowest BCUT2D eigenvalue weighted by Crippen LogP contribution is -2.03. The number of hydrogen-bond donors (Lipinski definition) is 0. The SMILES string of the molecule is Cc1c(C)c(F)c(C(C)C)c(Cl)c1F. The van der Waals surface area contributed by atoms with E-state index >= 15 is 0 Å². The summed E-state index contributed by atoms with van der Waals surface area (Å²) < 4.78 is 27.2. The fourth-order valence-corrected chi connectivity index (χ4v) is 1.86. The van der Waals surface area contributed by atoms with Crippen molar-refractivity contribution in [1.82, 2.24) is 0 Å². The number of benzene rings is 1. The lowest BCUT2D eigenvalue weighted by molar-refractivity contribution is 0.561. The van der Waals surface area contributed by atoms with E-state index in [-0.39, 0.29) is 27.9 Å². The molecule has 0 aliphatic heterocycles. The van der Waals surface area contributed by atoms with Crippen molar-refractivity contribution in [3.8, 4) is 0 Å². The van der Waals surface area contributed by atoms with Crippen LogP contribution in [0.2, 0.25) is 5.02 Å². The Morgan fingerprint density at radius 3 is 1.86 bits per heavy atom. The Bertz CT molecular complexity index is 341.